The van der Waals surface area contributed by atoms with Crippen molar-refractivity contribution in [2.75, 3.05) is 6.54 Å². The summed E-state index contributed by atoms with van der Waals surface area (Å²) in [6.07, 6.45) is 2.08. The molecule has 2 N–H and O–H groups in total. The summed E-state index contributed by atoms with van der Waals surface area (Å²) >= 11 is 0. The summed E-state index contributed by atoms with van der Waals surface area (Å²) in [5, 5.41) is 6.57. The minimum atomic E-state index is -0.0803. The van der Waals surface area contributed by atoms with Gasteiger partial charge in [0.25, 0.3) is 0 Å². The minimum Gasteiger partial charge on any atom is -0.354 e. The van der Waals surface area contributed by atoms with Gasteiger partial charge in [0.05, 0.1) is 5.41 Å². The van der Waals surface area contributed by atoms with E-state index in [1.807, 2.05) is 6.07 Å². The Bertz CT molecular complexity index is 425. The predicted octanol–water partition coefficient (Wildman–Crippen LogP) is 1.62. The van der Waals surface area contributed by atoms with Crippen LogP contribution in [0.5, 0.6) is 0 Å². The fourth-order valence-corrected chi connectivity index (χ4v) is 2.79. The number of carbonyl (C=O) groups is 1. The quantitative estimate of drug-likeness (QED) is 0.828. The lowest BCUT2D eigenvalue weighted by atomic mass is 9.98. The first kappa shape index (κ1) is 10.8. The predicted molar refractivity (Wildman–Crippen MR) is 66.5 cm³/mol. The molecule has 3 heteroatoms. The zero-order chi connectivity index (χ0) is 11.9. The van der Waals surface area contributed by atoms with Crippen molar-refractivity contribution < 1.29 is 4.79 Å². The molecule has 1 aliphatic carbocycles. The van der Waals surface area contributed by atoms with Crippen LogP contribution in [-0.2, 0) is 4.79 Å². The second kappa shape index (κ2) is 3.84. The fraction of sp³-hybridized carbons (Fsp3) is 0.500. The van der Waals surface area contributed by atoms with E-state index in [1.165, 1.54) is 5.56 Å². The molecule has 1 aliphatic heterocycles. The van der Waals surface area contributed by atoms with Crippen molar-refractivity contribution in [3.05, 3.63) is 35.9 Å². The van der Waals surface area contributed by atoms with Crippen LogP contribution in [0.4, 0.5) is 0 Å². The van der Waals surface area contributed by atoms with Crippen LogP contribution in [0, 0.1) is 5.41 Å². The van der Waals surface area contributed by atoms with Crippen LogP contribution < -0.4 is 10.6 Å². The molecule has 1 heterocycles. The van der Waals surface area contributed by atoms with Crippen LogP contribution in [0.3, 0.4) is 0 Å². The summed E-state index contributed by atoms with van der Waals surface area (Å²) < 4.78 is 0. The van der Waals surface area contributed by atoms with Gasteiger partial charge in [0.15, 0.2) is 0 Å². The number of nitrogens with one attached hydrogen (secondary N) is 2. The number of hydrogen-bond donors (Lipinski definition) is 2. The van der Waals surface area contributed by atoms with Crippen LogP contribution in [0.2, 0.25) is 0 Å². The highest BCUT2D eigenvalue weighted by Crippen LogP contribution is 2.51. The molecule has 90 valence electrons. The van der Waals surface area contributed by atoms with Gasteiger partial charge in [0.2, 0.25) is 5.91 Å². The molecule has 2 unspecified atom stereocenters. The van der Waals surface area contributed by atoms with E-state index in [-0.39, 0.29) is 11.3 Å². The first-order valence-electron chi connectivity index (χ1n) is 6.32. The summed E-state index contributed by atoms with van der Waals surface area (Å²) in [4.78, 5) is 11.7. The third-order valence-corrected chi connectivity index (χ3v) is 4.13. The second-order valence-electron chi connectivity index (χ2n) is 5.22. The van der Waals surface area contributed by atoms with E-state index < -0.39 is 0 Å². The average molecular weight is 230 g/mol. The van der Waals surface area contributed by atoms with E-state index in [1.54, 1.807) is 0 Å². The van der Waals surface area contributed by atoms with Gasteiger partial charge in [-0.3, -0.25) is 4.79 Å². The molecule has 0 radical (unpaired) electrons. The maximum absolute atomic E-state index is 11.7. The standard InChI is InChI=1S/C14H18N2O/c1-10(11-5-3-2-4-6-11)16-12-9-15-13(17)14(12)7-8-14/h2-6,10,12,16H,7-9H2,1H3,(H,15,17). The number of carbonyl (C=O) groups excluding carboxylic acids is 1. The van der Waals surface area contributed by atoms with Crippen molar-refractivity contribution in [3.8, 4) is 0 Å². The Kier molecular flexibility index (Phi) is 2.44. The SMILES string of the molecule is CC(NC1CNC(=O)C12CC2)c1ccccc1. The molecule has 3 nitrogen and oxygen atoms in total. The Hall–Kier alpha value is -1.35. The van der Waals surface area contributed by atoms with E-state index >= 15 is 0 Å². The molecule has 1 aromatic rings. The molecule has 1 spiro atoms. The van der Waals surface area contributed by atoms with Crippen molar-refractivity contribution in [1.29, 1.82) is 0 Å². The van der Waals surface area contributed by atoms with Gasteiger partial charge in [-0.25, -0.2) is 0 Å². The molecule has 1 aromatic carbocycles. The van der Waals surface area contributed by atoms with Gasteiger partial charge >= 0.3 is 0 Å². The van der Waals surface area contributed by atoms with Gasteiger partial charge in [-0.1, -0.05) is 30.3 Å². The number of benzene rings is 1. The van der Waals surface area contributed by atoms with Crippen molar-refractivity contribution >= 4 is 5.91 Å². The second-order valence-corrected chi connectivity index (χ2v) is 5.22. The van der Waals surface area contributed by atoms with Crippen molar-refractivity contribution in [1.82, 2.24) is 10.6 Å². The summed E-state index contributed by atoms with van der Waals surface area (Å²) in [5.41, 5.74) is 1.20. The lowest BCUT2D eigenvalue weighted by Gasteiger charge is -2.22. The Labute approximate surface area is 102 Å². The van der Waals surface area contributed by atoms with E-state index in [4.69, 9.17) is 0 Å². The third-order valence-electron chi connectivity index (χ3n) is 4.13. The Morgan fingerprint density at radius 2 is 2.06 bits per heavy atom. The monoisotopic (exact) mass is 230 g/mol. The first-order chi connectivity index (χ1) is 8.22. The van der Waals surface area contributed by atoms with Crippen LogP contribution in [-0.4, -0.2) is 18.5 Å². The average Bonchev–Trinajstić information content (AvgIpc) is 3.10. The smallest absolute Gasteiger partial charge is 0.227 e. The normalized spacial score (nSPS) is 26.9. The minimum absolute atomic E-state index is 0.0803. The molecule has 0 aromatic heterocycles. The van der Waals surface area contributed by atoms with Crippen LogP contribution >= 0.6 is 0 Å². The molecule has 2 aliphatic rings. The molecule has 2 fully saturated rings. The largest absolute Gasteiger partial charge is 0.354 e. The highest BCUT2D eigenvalue weighted by atomic mass is 16.2. The summed E-state index contributed by atoms with van der Waals surface area (Å²) in [7, 11) is 0. The number of amides is 1. The lowest BCUT2D eigenvalue weighted by Crippen LogP contribution is -2.39. The Balaban J connectivity index is 1.70. The number of rotatable bonds is 3. The van der Waals surface area contributed by atoms with Gasteiger partial charge in [0, 0.05) is 18.6 Å². The highest BCUT2D eigenvalue weighted by molar-refractivity contribution is 5.88. The summed E-state index contributed by atoms with van der Waals surface area (Å²) in [6.45, 7) is 2.93. The number of hydrogen-bond acceptors (Lipinski definition) is 2. The molecule has 0 bridgehead atoms. The summed E-state index contributed by atoms with van der Waals surface area (Å²) in [5.74, 6) is 0.246. The third kappa shape index (κ3) is 1.75. The van der Waals surface area contributed by atoms with Crippen molar-refractivity contribution in [2.24, 2.45) is 5.41 Å². The molecule has 1 amide bonds. The zero-order valence-corrected chi connectivity index (χ0v) is 10.1. The summed E-state index contributed by atoms with van der Waals surface area (Å²) in [6, 6.07) is 11.0. The van der Waals surface area contributed by atoms with E-state index in [2.05, 4.69) is 41.8 Å². The van der Waals surface area contributed by atoms with E-state index in [0.29, 0.717) is 12.1 Å². The van der Waals surface area contributed by atoms with Gasteiger partial charge in [-0.2, -0.15) is 0 Å². The molecule has 1 saturated heterocycles. The fourth-order valence-electron chi connectivity index (χ4n) is 2.79. The maximum atomic E-state index is 11.7. The lowest BCUT2D eigenvalue weighted by molar-refractivity contribution is -0.123. The van der Waals surface area contributed by atoms with Crippen molar-refractivity contribution in [3.63, 3.8) is 0 Å². The van der Waals surface area contributed by atoms with E-state index in [0.717, 1.165) is 19.4 Å². The Morgan fingerprint density at radius 3 is 2.71 bits per heavy atom. The van der Waals surface area contributed by atoms with Gasteiger partial charge in [0.1, 0.15) is 0 Å². The molecule has 17 heavy (non-hydrogen) atoms. The van der Waals surface area contributed by atoms with Gasteiger partial charge in [-0.05, 0) is 25.3 Å². The Morgan fingerprint density at radius 1 is 1.35 bits per heavy atom. The van der Waals surface area contributed by atoms with Gasteiger partial charge < -0.3 is 10.6 Å². The maximum Gasteiger partial charge on any atom is 0.227 e. The molecule has 1 saturated carbocycles. The van der Waals surface area contributed by atoms with E-state index in [9.17, 15) is 4.79 Å². The van der Waals surface area contributed by atoms with Gasteiger partial charge in [-0.15, -0.1) is 0 Å². The van der Waals surface area contributed by atoms with Crippen molar-refractivity contribution in [2.45, 2.75) is 31.8 Å². The molecular formula is C14H18N2O. The highest BCUT2D eigenvalue weighted by Gasteiger charge is 2.59. The van der Waals surface area contributed by atoms with Crippen LogP contribution in [0.1, 0.15) is 31.4 Å². The first-order valence-corrected chi connectivity index (χ1v) is 6.32. The molecule has 3 rings (SSSR count). The topological polar surface area (TPSA) is 41.1 Å². The van der Waals surface area contributed by atoms with Crippen LogP contribution in [0.25, 0.3) is 0 Å². The molecular weight excluding hydrogens is 212 g/mol. The zero-order valence-electron chi connectivity index (χ0n) is 10.1. The molecule has 2 atom stereocenters. The van der Waals surface area contributed by atoms with Crippen LogP contribution in [0.15, 0.2) is 30.3 Å².